The van der Waals surface area contributed by atoms with Crippen LogP contribution in [0.1, 0.15) is 27.2 Å². The number of aliphatic carboxylic acids is 1. The van der Waals surface area contributed by atoms with Gasteiger partial charge in [-0.25, -0.2) is 4.79 Å². The topological polar surface area (TPSA) is 131 Å². The molecule has 4 N–H and O–H groups in total. The predicted octanol–water partition coefficient (Wildman–Crippen LogP) is 1.15. The Morgan fingerprint density at radius 3 is 2.39 bits per heavy atom. The largest absolute Gasteiger partial charge is 0.480 e. The molecular formula is C20H18N2O6. The van der Waals surface area contributed by atoms with Gasteiger partial charge in [-0.3, -0.25) is 9.59 Å². The van der Waals surface area contributed by atoms with Gasteiger partial charge in [0.05, 0.1) is 17.7 Å². The number of aromatic nitrogens is 1. The molecule has 0 saturated heterocycles. The molecular weight excluding hydrogens is 364 g/mol. The monoisotopic (exact) mass is 382 g/mol. The number of nitrogens with two attached hydrogens (primary N) is 1. The first-order valence-electron chi connectivity index (χ1n) is 8.42. The molecule has 8 heteroatoms. The summed E-state index contributed by atoms with van der Waals surface area (Å²) in [5.41, 5.74) is 7.07. The fourth-order valence-electron chi connectivity index (χ4n) is 3.17. The molecule has 0 aliphatic carbocycles. The summed E-state index contributed by atoms with van der Waals surface area (Å²) in [5.74, 6) is -3.25. The lowest BCUT2D eigenvalue weighted by Crippen LogP contribution is -2.24. The van der Waals surface area contributed by atoms with E-state index in [1.807, 2.05) is 30.3 Å². The van der Waals surface area contributed by atoms with Gasteiger partial charge in [0.15, 0.2) is 6.61 Å². The van der Waals surface area contributed by atoms with Gasteiger partial charge in [0, 0.05) is 23.9 Å². The van der Waals surface area contributed by atoms with Crippen molar-refractivity contribution in [3.8, 4) is 5.75 Å². The van der Waals surface area contributed by atoms with Crippen molar-refractivity contribution < 1.29 is 29.3 Å². The van der Waals surface area contributed by atoms with Crippen molar-refractivity contribution >= 4 is 23.2 Å². The summed E-state index contributed by atoms with van der Waals surface area (Å²) in [4.78, 5) is 35.0. The fourth-order valence-corrected chi connectivity index (χ4v) is 3.17. The average Bonchev–Trinajstić information content (AvgIpc) is 3.00. The van der Waals surface area contributed by atoms with Gasteiger partial charge in [-0.15, -0.1) is 0 Å². The smallest absolute Gasteiger partial charge is 0.341 e. The highest BCUT2D eigenvalue weighted by atomic mass is 16.5. The van der Waals surface area contributed by atoms with Crippen molar-refractivity contribution in [2.24, 2.45) is 5.73 Å². The van der Waals surface area contributed by atoms with Crippen LogP contribution < -0.4 is 10.5 Å². The van der Waals surface area contributed by atoms with Crippen molar-refractivity contribution in [1.82, 2.24) is 4.40 Å². The maximum Gasteiger partial charge on any atom is 0.341 e. The standard InChI is InChI=1S/C20H18N2O6/c21-20(27)19(26)17-13(10-23)14(9-12-5-2-1-3-6-12)22-8-4-7-15(18(17)22)28-11-16(24)25/h1-8,23H,9-11H2,(H2,21,27)(H,24,25). The van der Waals surface area contributed by atoms with Gasteiger partial charge in [0.2, 0.25) is 0 Å². The SMILES string of the molecule is NC(=O)C(=O)c1c(CO)c(Cc2ccccc2)n2cccc(OCC(=O)O)c12. The first-order valence-corrected chi connectivity index (χ1v) is 8.42. The molecule has 144 valence electrons. The molecule has 1 amide bonds. The Morgan fingerprint density at radius 2 is 1.79 bits per heavy atom. The number of hydrogen-bond acceptors (Lipinski definition) is 5. The average molecular weight is 382 g/mol. The maximum atomic E-state index is 12.5. The van der Waals surface area contributed by atoms with Crippen LogP contribution in [0.25, 0.3) is 5.52 Å². The van der Waals surface area contributed by atoms with E-state index >= 15 is 0 Å². The number of fused-ring (bicyclic) bond motifs is 1. The Kier molecular flexibility index (Phi) is 5.42. The Morgan fingerprint density at radius 1 is 1.07 bits per heavy atom. The number of ether oxygens (including phenoxy) is 1. The zero-order chi connectivity index (χ0) is 20.3. The van der Waals surface area contributed by atoms with E-state index in [1.54, 1.807) is 16.7 Å². The van der Waals surface area contributed by atoms with Gasteiger partial charge in [-0.05, 0) is 17.7 Å². The molecule has 0 atom stereocenters. The first kappa shape index (κ1) is 19.1. The third kappa shape index (κ3) is 3.58. The molecule has 0 bridgehead atoms. The van der Waals surface area contributed by atoms with E-state index in [4.69, 9.17) is 15.6 Å². The van der Waals surface area contributed by atoms with Crippen molar-refractivity contribution in [3.63, 3.8) is 0 Å². The number of aliphatic hydroxyl groups is 1. The predicted molar refractivity (Wildman–Crippen MR) is 99.2 cm³/mol. The number of benzene rings is 1. The number of carbonyl (C=O) groups excluding carboxylic acids is 2. The summed E-state index contributed by atoms with van der Waals surface area (Å²) in [6, 6.07) is 12.5. The quantitative estimate of drug-likeness (QED) is 0.396. The number of amides is 1. The van der Waals surface area contributed by atoms with Gasteiger partial charge in [-0.1, -0.05) is 30.3 Å². The molecule has 8 nitrogen and oxygen atoms in total. The van der Waals surface area contributed by atoms with E-state index in [2.05, 4.69) is 0 Å². The highest BCUT2D eigenvalue weighted by molar-refractivity contribution is 6.44. The van der Waals surface area contributed by atoms with Crippen LogP contribution in [0.3, 0.4) is 0 Å². The van der Waals surface area contributed by atoms with Crippen LogP contribution in [0.2, 0.25) is 0 Å². The number of carboxylic acid groups (broad SMARTS) is 1. The van der Waals surface area contributed by atoms with Crippen molar-refractivity contribution in [2.45, 2.75) is 13.0 Å². The summed E-state index contributed by atoms with van der Waals surface area (Å²) >= 11 is 0. The minimum Gasteiger partial charge on any atom is -0.480 e. The van der Waals surface area contributed by atoms with Gasteiger partial charge >= 0.3 is 5.97 Å². The molecule has 0 fully saturated rings. The molecule has 2 aromatic heterocycles. The zero-order valence-corrected chi connectivity index (χ0v) is 14.8. The minimum atomic E-state index is -1.19. The van der Waals surface area contributed by atoms with Crippen LogP contribution in [0.15, 0.2) is 48.7 Å². The lowest BCUT2D eigenvalue weighted by atomic mass is 10.0. The number of carboxylic acids is 1. The second-order valence-corrected chi connectivity index (χ2v) is 6.09. The number of ketones is 1. The number of rotatable bonds is 8. The molecule has 0 radical (unpaired) electrons. The van der Waals surface area contributed by atoms with Crippen molar-refractivity contribution in [1.29, 1.82) is 0 Å². The van der Waals surface area contributed by atoms with E-state index in [9.17, 15) is 19.5 Å². The fraction of sp³-hybridized carbons (Fsp3) is 0.150. The van der Waals surface area contributed by atoms with Gasteiger partial charge in [0.1, 0.15) is 5.75 Å². The van der Waals surface area contributed by atoms with Crippen LogP contribution in [-0.4, -0.2) is 38.9 Å². The molecule has 2 heterocycles. The minimum absolute atomic E-state index is 0.0816. The molecule has 3 rings (SSSR count). The summed E-state index contributed by atoms with van der Waals surface area (Å²) in [5, 5.41) is 18.9. The Bertz CT molecular complexity index is 1060. The van der Waals surface area contributed by atoms with Crippen LogP contribution >= 0.6 is 0 Å². The van der Waals surface area contributed by atoms with E-state index in [1.165, 1.54) is 6.07 Å². The Labute approximate surface area is 159 Å². The summed E-state index contributed by atoms with van der Waals surface area (Å²) in [6.07, 6.45) is 2.02. The van der Waals surface area contributed by atoms with E-state index in [0.717, 1.165) is 5.56 Å². The van der Waals surface area contributed by atoms with Gasteiger partial charge in [-0.2, -0.15) is 0 Å². The molecule has 0 spiro atoms. The Balaban J connectivity index is 2.27. The number of pyridine rings is 1. The second-order valence-electron chi connectivity index (χ2n) is 6.09. The summed E-state index contributed by atoms with van der Waals surface area (Å²) in [7, 11) is 0. The lowest BCUT2D eigenvalue weighted by Gasteiger charge is -2.09. The van der Waals surface area contributed by atoms with Gasteiger partial charge < -0.3 is 25.1 Å². The highest BCUT2D eigenvalue weighted by Crippen LogP contribution is 2.33. The molecule has 0 unspecified atom stereocenters. The zero-order valence-electron chi connectivity index (χ0n) is 14.8. The first-order chi connectivity index (χ1) is 13.4. The number of aliphatic hydroxyl groups excluding tert-OH is 1. The normalized spacial score (nSPS) is 10.8. The molecule has 0 saturated carbocycles. The third-order valence-corrected chi connectivity index (χ3v) is 4.31. The highest BCUT2D eigenvalue weighted by Gasteiger charge is 2.28. The van der Waals surface area contributed by atoms with Crippen LogP contribution in [0, 0.1) is 0 Å². The summed E-state index contributed by atoms with van der Waals surface area (Å²) < 4.78 is 6.92. The van der Waals surface area contributed by atoms with Crippen LogP contribution in [0.4, 0.5) is 0 Å². The summed E-state index contributed by atoms with van der Waals surface area (Å²) in [6.45, 7) is -1.13. The second kappa shape index (κ2) is 7.93. The number of nitrogens with zero attached hydrogens (tertiary/aromatic N) is 1. The van der Waals surface area contributed by atoms with E-state index < -0.39 is 30.9 Å². The number of carbonyl (C=O) groups is 3. The van der Waals surface area contributed by atoms with Crippen LogP contribution in [-0.2, 0) is 22.6 Å². The maximum absolute atomic E-state index is 12.5. The molecule has 1 aromatic carbocycles. The molecule has 0 aliphatic rings. The van der Waals surface area contributed by atoms with Gasteiger partial charge in [0.25, 0.3) is 11.7 Å². The third-order valence-electron chi connectivity index (χ3n) is 4.31. The Hall–Kier alpha value is -3.65. The van der Waals surface area contributed by atoms with E-state index in [0.29, 0.717) is 12.1 Å². The molecule has 3 aromatic rings. The molecule has 28 heavy (non-hydrogen) atoms. The lowest BCUT2D eigenvalue weighted by molar-refractivity contribution is -0.139. The van der Waals surface area contributed by atoms with E-state index in [-0.39, 0.29) is 22.4 Å². The number of primary amides is 1. The number of Topliss-reactive ketones (excluding diaryl/α,β-unsaturated/α-hetero) is 1. The van der Waals surface area contributed by atoms with Crippen molar-refractivity contribution in [3.05, 3.63) is 71.0 Å². The molecule has 0 aliphatic heterocycles. The number of hydrogen-bond donors (Lipinski definition) is 3. The van der Waals surface area contributed by atoms with Crippen molar-refractivity contribution in [2.75, 3.05) is 6.61 Å². The van der Waals surface area contributed by atoms with Crippen LogP contribution in [0.5, 0.6) is 5.75 Å².